The highest BCUT2D eigenvalue weighted by molar-refractivity contribution is 7.80. The minimum atomic E-state index is -0.722. The van der Waals surface area contributed by atoms with Gasteiger partial charge in [-0.05, 0) is 25.1 Å². The molecule has 1 aromatic rings. The molecule has 3 N–H and O–H groups in total. The molecule has 5 nitrogen and oxygen atoms in total. The van der Waals surface area contributed by atoms with E-state index in [9.17, 15) is 14.4 Å². The standard InChI is InChI=1S/C12H14N2O3S/c1-7(16)10-4-9(3-2-8(10)5-15)14-12(17)11(13)6-18/h2-5,11,18H,6,13H2,1H3,(H,14,17). The number of nitrogens with one attached hydrogen (secondary N) is 1. The van der Waals surface area contributed by atoms with Gasteiger partial charge < -0.3 is 11.1 Å². The third-order valence-electron chi connectivity index (χ3n) is 2.36. The first-order chi connectivity index (χ1) is 8.49. The van der Waals surface area contributed by atoms with Crippen LogP contribution >= 0.6 is 12.6 Å². The van der Waals surface area contributed by atoms with E-state index >= 15 is 0 Å². The summed E-state index contributed by atoms with van der Waals surface area (Å²) in [6, 6.07) is 3.75. The van der Waals surface area contributed by atoms with Crippen molar-refractivity contribution in [2.45, 2.75) is 13.0 Å². The second-order valence-electron chi connectivity index (χ2n) is 3.75. The number of ketones is 1. The molecule has 0 saturated carbocycles. The lowest BCUT2D eigenvalue weighted by molar-refractivity contribution is -0.116. The maximum absolute atomic E-state index is 11.5. The molecule has 0 aliphatic rings. The number of carbonyl (C=O) groups excluding carboxylic acids is 3. The maximum Gasteiger partial charge on any atom is 0.242 e. The first-order valence-electron chi connectivity index (χ1n) is 5.27. The maximum atomic E-state index is 11.5. The molecule has 0 aliphatic carbocycles. The van der Waals surface area contributed by atoms with E-state index < -0.39 is 11.9 Å². The number of aldehydes is 1. The van der Waals surface area contributed by atoms with Gasteiger partial charge in [0.15, 0.2) is 12.1 Å². The van der Waals surface area contributed by atoms with Crippen molar-refractivity contribution in [3.05, 3.63) is 29.3 Å². The zero-order valence-corrected chi connectivity index (χ0v) is 10.7. The van der Waals surface area contributed by atoms with Gasteiger partial charge in [0.05, 0.1) is 6.04 Å². The quantitative estimate of drug-likeness (QED) is 0.419. The van der Waals surface area contributed by atoms with E-state index in [2.05, 4.69) is 17.9 Å². The number of thiol groups is 1. The minimum absolute atomic E-state index is 0.220. The summed E-state index contributed by atoms with van der Waals surface area (Å²) in [6.07, 6.45) is 0.599. The van der Waals surface area contributed by atoms with Gasteiger partial charge in [0.1, 0.15) is 0 Å². The minimum Gasteiger partial charge on any atom is -0.325 e. The molecule has 1 unspecified atom stereocenters. The van der Waals surface area contributed by atoms with Gasteiger partial charge in [-0.3, -0.25) is 14.4 Å². The van der Waals surface area contributed by atoms with Crippen LogP contribution in [0.5, 0.6) is 0 Å². The Kier molecular flexibility index (Phi) is 5.06. The lowest BCUT2D eigenvalue weighted by Crippen LogP contribution is -2.37. The van der Waals surface area contributed by atoms with Crippen molar-refractivity contribution >= 4 is 36.3 Å². The Hall–Kier alpha value is -1.66. The number of Topliss-reactive ketones (excluding diaryl/α,β-unsaturated/α-hetero) is 1. The molecule has 0 saturated heterocycles. The molecule has 96 valence electrons. The predicted molar refractivity (Wildman–Crippen MR) is 72.3 cm³/mol. The first-order valence-corrected chi connectivity index (χ1v) is 5.90. The van der Waals surface area contributed by atoms with Gasteiger partial charge in [-0.1, -0.05) is 0 Å². The Balaban J connectivity index is 2.99. The van der Waals surface area contributed by atoms with Crippen LogP contribution in [-0.4, -0.2) is 29.8 Å². The Morgan fingerprint density at radius 3 is 2.67 bits per heavy atom. The number of carbonyl (C=O) groups is 3. The van der Waals surface area contributed by atoms with Gasteiger partial charge in [-0.15, -0.1) is 0 Å². The monoisotopic (exact) mass is 266 g/mol. The second-order valence-corrected chi connectivity index (χ2v) is 4.12. The largest absolute Gasteiger partial charge is 0.325 e. The molecule has 0 heterocycles. The van der Waals surface area contributed by atoms with E-state index in [1.165, 1.54) is 19.1 Å². The van der Waals surface area contributed by atoms with Crippen LogP contribution < -0.4 is 11.1 Å². The topological polar surface area (TPSA) is 89.3 Å². The Morgan fingerprint density at radius 2 is 2.17 bits per heavy atom. The highest BCUT2D eigenvalue weighted by Gasteiger charge is 2.13. The van der Waals surface area contributed by atoms with E-state index in [4.69, 9.17) is 5.73 Å². The van der Waals surface area contributed by atoms with Crippen LogP contribution in [0.4, 0.5) is 5.69 Å². The molecule has 18 heavy (non-hydrogen) atoms. The summed E-state index contributed by atoms with van der Waals surface area (Å²) < 4.78 is 0. The molecule has 0 aromatic heterocycles. The van der Waals surface area contributed by atoms with Crippen LogP contribution in [0.1, 0.15) is 27.6 Å². The highest BCUT2D eigenvalue weighted by atomic mass is 32.1. The normalized spacial score (nSPS) is 11.7. The van der Waals surface area contributed by atoms with Crippen LogP contribution in [-0.2, 0) is 4.79 Å². The van der Waals surface area contributed by atoms with Crippen molar-refractivity contribution in [3.8, 4) is 0 Å². The summed E-state index contributed by atoms with van der Waals surface area (Å²) in [6.45, 7) is 1.35. The van der Waals surface area contributed by atoms with Crippen LogP contribution in [0.25, 0.3) is 0 Å². The fraction of sp³-hybridized carbons (Fsp3) is 0.250. The number of benzene rings is 1. The van der Waals surface area contributed by atoms with Crippen LogP contribution in [0, 0.1) is 0 Å². The van der Waals surface area contributed by atoms with Crippen LogP contribution in [0.2, 0.25) is 0 Å². The summed E-state index contributed by atoms with van der Waals surface area (Å²) in [7, 11) is 0. The van der Waals surface area contributed by atoms with Crippen molar-refractivity contribution in [1.82, 2.24) is 0 Å². The summed E-state index contributed by atoms with van der Waals surface area (Å²) >= 11 is 3.92. The van der Waals surface area contributed by atoms with E-state index in [-0.39, 0.29) is 17.1 Å². The molecule has 1 amide bonds. The fourth-order valence-electron chi connectivity index (χ4n) is 1.36. The van der Waals surface area contributed by atoms with Crippen molar-refractivity contribution in [2.24, 2.45) is 5.73 Å². The molecule has 0 spiro atoms. The Bertz CT molecular complexity index is 488. The average Bonchev–Trinajstić information content (AvgIpc) is 2.37. The van der Waals surface area contributed by atoms with Crippen LogP contribution in [0.15, 0.2) is 18.2 Å². The van der Waals surface area contributed by atoms with Gasteiger partial charge in [0.2, 0.25) is 5.91 Å². The van der Waals surface area contributed by atoms with E-state index in [1.807, 2.05) is 0 Å². The van der Waals surface area contributed by atoms with Gasteiger partial charge in [-0.2, -0.15) is 12.6 Å². The smallest absolute Gasteiger partial charge is 0.242 e. The van der Waals surface area contributed by atoms with Gasteiger partial charge in [0.25, 0.3) is 0 Å². The number of rotatable bonds is 5. The zero-order chi connectivity index (χ0) is 13.7. The van der Waals surface area contributed by atoms with Gasteiger partial charge >= 0.3 is 0 Å². The third-order valence-corrected chi connectivity index (χ3v) is 2.75. The summed E-state index contributed by atoms with van der Waals surface area (Å²) in [5.74, 6) is -0.414. The van der Waals surface area contributed by atoms with Crippen molar-refractivity contribution in [3.63, 3.8) is 0 Å². The van der Waals surface area contributed by atoms with Crippen molar-refractivity contribution in [2.75, 3.05) is 11.1 Å². The highest BCUT2D eigenvalue weighted by Crippen LogP contribution is 2.15. The van der Waals surface area contributed by atoms with E-state index in [0.717, 1.165) is 0 Å². The number of hydrogen-bond donors (Lipinski definition) is 3. The van der Waals surface area contributed by atoms with Gasteiger partial charge in [0, 0.05) is 22.6 Å². The third kappa shape index (κ3) is 3.41. The molecule has 6 heteroatoms. The predicted octanol–water partition coefficient (Wildman–Crippen LogP) is 0.897. The molecular weight excluding hydrogens is 252 g/mol. The molecule has 0 bridgehead atoms. The molecular formula is C12H14N2O3S. The van der Waals surface area contributed by atoms with E-state index in [1.54, 1.807) is 6.07 Å². The molecule has 0 aliphatic heterocycles. The zero-order valence-electron chi connectivity index (χ0n) is 9.84. The van der Waals surface area contributed by atoms with Crippen molar-refractivity contribution < 1.29 is 14.4 Å². The summed E-state index contributed by atoms with van der Waals surface area (Å²) in [4.78, 5) is 33.6. The lowest BCUT2D eigenvalue weighted by atomic mass is 10.0. The van der Waals surface area contributed by atoms with E-state index in [0.29, 0.717) is 17.5 Å². The molecule has 1 rings (SSSR count). The second kappa shape index (κ2) is 6.32. The molecule has 0 fully saturated rings. The number of nitrogens with two attached hydrogens (primary N) is 1. The average molecular weight is 266 g/mol. The number of anilines is 1. The number of hydrogen-bond acceptors (Lipinski definition) is 5. The Labute approximate surface area is 110 Å². The SMILES string of the molecule is CC(=O)c1cc(NC(=O)C(N)CS)ccc1C=O. The lowest BCUT2D eigenvalue weighted by Gasteiger charge is -2.11. The van der Waals surface area contributed by atoms with Gasteiger partial charge in [-0.25, -0.2) is 0 Å². The molecule has 0 radical (unpaired) electrons. The molecule has 1 aromatic carbocycles. The first kappa shape index (κ1) is 14.4. The number of amides is 1. The summed E-state index contributed by atoms with van der Waals surface area (Å²) in [5.41, 5.74) is 6.49. The van der Waals surface area contributed by atoms with Crippen molar-refractivity contribution in [1.29, 1.82) is 0 Å². The molecule has 1 atom stereocenters. The summed E-state index contributed by atoms with van der Waals surface area (Å²) in [5, 5.41) is 2.56. The fourth-order valence-corrected chi connectivity index (χ4v) is 1.53. The van der Waals surface area contributed by atoms with Crippen LogP contribution in [0.3, 0.4) is 0 Å². The Morgan fingerprint density at radius 1 is 1.50 bits per heavy atom.